The van der Waals surface area contributed by atoms with Crippen LogP contribution < -0.4 is 16.0 Å². The number of carbonyl (C=O) groups excluding carboxylic acids is 5. The number of rotatable bonds is 23. The Morgan fingerprint density at radius 3 is 2.02 bits per heavy atom. The van der Waals surface area contributed by atoms with Gasteiger partial charge in [0.2, 0.25) is 29.5 Å². The summed E-state index contributed by atoms with van der Waals surface area (Å²) in [6, 6.07) is 6.39. The lowest BCUT2D eigenvalue weighted by Crippen LogP contribution is -2.59. The molecule has 0 radical (unpaired) electrons. The molecule has 0 aliphatic carbocycles. The number of hydrogen-bond donors (Lipinski definition) is 4. The fraction of sp³-hybridized carbons (Fsp3) is 0.744. The summed E-state index contributed by atoms with van der Waals surface area (Å²) in [6.45, 7) is 15.6. The van der Waals surface area contributed by atoms with Gasteiger partial charge < -0.3 is 40.3 Å². The van der Waals surface area contributed by atoms with Crippen LogP contribution in [-0.2, 0) is 39.9 Å². The first-order chi connectivity index (χ1) is 26.8. The van der Waals surface area contributed by atoms with Crippen molar-refractivity contribution in [2.45, 2.75) is 136 Å². The van der Waals surface area contributed by atoms with E-state index in [0.29, 0.717) is 19.4 Å². The number of nitrogens with one attached hydrogen (secondary N) is 3. The van der Waals surface area contributed by atoms with Gasteiger partial charge in [-0.1, -0.05) is 85.2 Å². The van der Waals surface area contributed by atoms with E-state index in [9.17, 15) is 29.1 Å². The molecule has 0 aromatic heterocycles. The van der Waals surface area contributed by atoms with E-state index in [4.69, 9.17) is 9.47 Å². The van der Waals surface area contributed by atoms with Crippen LogP contribution >= 0.6 is 0 Å². The number of ether oxygens (including phenoxy) is 2. The van der Waals surface area contributed by atoms with Crippen LogP contribution in [0.5, 0.6) is 0 Å². The van der Waals surface area contributed by atoms with Gasteiger partial charge in [-0.3, -0.25) is 28.9 Å². The maximum Gasteiger partial charge on any atom is 0.245 e. The number of likely N-dealkylation sites (tertiary alicyclic amines) is 1. The first-order valence-electron chi connectivity index (χ1n) is 20.7. The fourth-order valence-electron chi connectivity index (χ4n) is 8.15. The van der Waals surface area contributed by atoms with Crippen molar-refractivity contribution < 1.29 is 38.6 Å². The van der Waals surface area contributed by atoms with Crippen molar-refractivity contribution in [1.82, 2.24) is 30.7 Å². The van der Waals surface area contributed by atoms with Gasteiger partial charge in [-0.2, -0.15) is 0 Å². The normalized spacial score (nSPS) is 19.2. The molecule has 1 saturated heterocycles. The number of hydrogen-bond acceptors (Lipinski definition) is 9. The van der Waals surface area contributed by atoms with Crippen LogP contribution in [0.3, 0.4) is 0 Å². The van der Waals surface area contributed by atoms with Gasteiger partial charge in [0.05, 0.1) is 48.8 Å². The van der Waals surface area contributed by atoms with Crippen molar-refractivity contribution >= 4 is 29.5 Å². The minimum Gasteiger partial charge on any atom is -0.392 e. The number of benzene rings is 1. The standard InChI is InChI=1S/C43H74N6O8/c1-14-28(6)38(48(11)43(55)36(26(2)3)46-42(54)37(27(4)5)47(9)10)34(56-12)24-35(51)49-22-18-21-33(49)39(57-13)30(8)40(52)45-32(41(53)44-25-29(7)50)23-31-19-16-15-17-20-31/h15-17,19-20,26-30,32-34,36-39,50H,14,18,21-25H2,1-13H3,(H,44,53)(H,45,52)(H,46,54). The predicted molar refractivity (Wildman–Crippen MR) is 222 cm³/mol. The molecule has 14 nitrogen and oxygen atoms in total. The Morgan fingerprint density at radius 2 is 1.51 bits per heavy atom. The number of aliphatic hydroxyl groups is 1. The summed E-state index contributed by atoms with van der Waals surface area (Å²) in [5.41, 5.74) is 0.864. The third kappa shape index (κ3) is 14.0. The van der Waals surface area contributed by atoms with Gasteiger partial charge in [0.25, 0.3) is 0 Å². The molecule has 0 saturated carbocycles. The first-order valence-corrected chi connectivity index (χ1v) is 20.7. The van der Waals surface area contributed by atoms with Crippen LogP contribution in [-0.4, -0.2) is 146 Å². The van der Waals surface area contributed by atoms with Gasteiger partial charge >= 0.3 is 0 Å². The summed E-state index contributed by atoms with van der Waals surface area (Å²) in [5, 5.41) is 18.4. The average Bonchev–Trinajstić information content (AvgIpc) is 3.64. The number of nitrogens with zero attached hydrogens (tertiary/aromatic N) is 3. The zero-order chi connectivity index (χ0) is 43.1. The third-order valence-corrected chi connectivity index (χ3v) is 11.4. The van der Waals surface area contributed by atoms with Crippen LogP contribution in [0, 0.1) is 23.7 Å². The molecule has 5 amide bonds. The topological polar surface area (TPSA) is 170 Å². The molecular formula is C43H74N6O8. The minimum atomic E-state index is -0.896. The molecule has 1 aromatic rings. The quantitative estimate of drug-likeness (QED) is 0.130. The van der Waals surface area contributed by atoms with Crippen LogP contribution in [0.4, 0.5) is 0 Å². The number of likely N-dealkylation sites (N-methyl/N-ethyl adjacent to an activating group) is 2. The second-order valence-electron chi connectivity index (χ2n) is 16.8. The number of amides is 5. The van der Waals surface area contributed by atoms with Gasteiger partial charge in [0, 0.05) is 40.8 Å². The summed E-state index contributed by atoms with van der Waals surface area (Å²) < 4.78 is 12.0. The van der Waals surface area contributed by atoms with Crippen LogP contribution in [0.1, 0.15) is 86.6 Å². The predicted octanol–water partition coefficient (Wildman–Crippen LogP) is 2.86. The SMILES string of the molecule is CCC(C)C(C(CC(=O)N1CCCC1C(OC)C(C)C(=O)NC(Cc1ccccc1)C(=O)NCC(C)O)OC)N(C)C(=O)C(NC(=O)C(C(C)C)N(C)C)C(C)C. The summed E-state index contributed by atoms with van der Waals surface area (Å²) in [5.74, 6) is -2.36. The van der Waals surface area contributed by atoms with Crippen LogP contribution in [0.25, 0.3) is 0 Å². The highest BCUT2D eigenvalue weighted by Gasteiger charge is 2.43. The Labute approximate surface area is 342 Å². The zero-order valence-corrected chi connectivity index (χ0v) is 36.9. The van der Waals surface area contributed by atoms with Crippen LogP contribution in [0.15, 0.2) is 30.3 Å². The Hall–Kier alpha value is -3.59. The lowest BCUT2D eigenvalue weighted by Gasteiger charge is -2.41. The highest BCUT2D eigenvalue weighted by Crippen LogP contribution is 2.30. The highest BCUT2D eigenvalue weighted by molar-refractivity contribution is 5.90. The van der Waals surface area contributed by atoms with Crippen LogP contribution in [0.2, 0.25) is 0 Å². The maximum absolute atomic E-state index is 14.3. The molecule has 1 fully saturated rings. The maximum atomic E-state index is 14.3. The molecule has 0 bridgehead atoms. The molecule has 4 N–H and O–H groups in total. The molecular weight excluding hydrogens is 729 g/mol. The van der Waals surface area contributed by atoms with E-state index in [1.807, 2.05) is 90.9 Å². The zero-order valence-electron chi connectivity index (χ0n) is 36.9. The molecule has 0 spiro atoms. The molecule has 324 valence electrons. The summed E-state index contributed by atoms with van der Waals surface area (Å²) in [7, 11) is 8.49. The Bertz CT molecular complexity index is 1420. The van der Waals surface area contributed by atoms with E-state index in [0.717, 1.165) is 12.0 Å². The van der Waals surface area contributed by atoms with Crippen molar-refractivity contribution in [3.63, 3.8) is 0 Å². The van der Waals surface area contributed by atoms with E-state index in [-0.39, 0.29) is 54.9 Å². The van der Waals surface area contributed by atoms with E-state index >= 15 is 0 Å². The molecule has 10 atom stereocenters. The molecule has 1 aliphatic heterocycles. The summed E-state index contributed by atoms with van der Waals surface area (Å²) in [4.78, 5) is 74.3. The Balaban J connectivity index is 2.30. The number of aliphatic hydroxyl groups excluding tert-OH is 1. The lowest BCUT2D eigenvalue weighted by molar-refractivity contribution is -0.148. The molecule has 1 aliphatic rings. The molecule has 14 heteroatoms. The lowest BCUT2D eigenvalue weighted by atomic mass is 9.89. The van der Waals surface area contributed by atoms with Gasteiger partial charge in [0.1, 0.15) is 12.1 Å². The van der Waals surface area contributed by atoms with E-state index in [1.54, 1.807) is 37.8 Å². The molecule has 10 unspecified atom stereocenters. The van der Waals surface area contributed by atoms with E-state index in [2.05, 4.69) is 16.0 Å². The van der Waals surface area contributed by atoms with Crippen molar-refractivity contribution in [3.8, 4) is 0 Å². The molecule has 57 heavy (non-hydrogen) atoms. The van der Waals surface area contributed by atoms with Gasteiger partial charge in [-0.25, -0.2) is 0 Å². The Morgan fingerprint density at radius 1 is 0.877 bits per heavy atom. The average molecular weight is 803 g/mol. The smallest absolute Gasteiger partial charge is 0.245 e. The second-order valence-corrected chi connectivity index (χ2v) is 16.8. The third-order valence-electron chi connectivity index (χ3n) is 11.4. The van der Waals surface area contributed by atoms with Gasteiger partial charge in [-0.15, -0.1) is 0 Å². The largest absolute Gasteiger partial charge is 0.392 e. The first kappa shape index (κ1) is 49.6. The van der Waals surface area contributed by atoms with Crippen molar-refractivity contribution in [2.75, 3.05) is 48.5 Å². The van der Waals surface area contributed by atoms with E-state index < -0.39 is 66.3 Å². The molecule has 2 rings (SSSR count). The number of methoxy groups -OCH3 is 2. The monoisotopic (exact) mass is 803 g/mol. The minimum absolute atomic E-state index is 0.00596. The van der Waals surface area contributed by atoms with Crippen molar-refractivity contribution in [2.24, 2.45) is 23.7 Å². The van der Waals surface area contributed by atoms with Gasteiger partial charge in [-0.05, 0) is 57.2 Å². The van der Waals surface area contributed by atoms with Gasteiger partial charge in [0.15, 0.2) is 0 Å². The molecule has 1 aromatic carbocycles. The summed E-state index contributed by atoms with van der Waals surface area (Å²) in [6.07, 6.45) is 0.227. The highest BCUT2D eigenvalue weighted by atomic mass is 16.5. The Kier molecular flexibility index (Phi) is 20.6. The fourth-order valence-corrected chi connectivity index (χ4v) is 8.15. The van der Waals surface area contributed by atoms with E-state index in [1.165, 1.54) is 7.11 Å². The van der Waals surface area contributed by atoms with Crippen molar-refractivity contribution in [3.05, 3.63) is 35.9 Å². The summed E-state index contributed by atoms with van der Waals surface area (Å²) >= 11 is 0. The molecule has 1 heterocycles. The number of carbonyl (C=O) groups is 5. The van der Waals surface area contributed by atoms with Crippen molar-refractivity contribution in [1.29, 1.82) is 0 Å². The second kappa shape index (κ2) is 23.7.